The second-order valence-electron chi connectivity index (χ2n) is 5.05. The summed E-state index contributed by atoms with van der Waals surface area (Å²) in [6.07, 6.45) is 6.06. The lowest BCUT2D eigenvalue weighted by molar-refractivity contribution is -0.116. The zero-order chi connectivity index (χ0) is 12.3. The highest BCUT2D eigenvalue weighted by molar-refractivity contribution is 7.11. The van der Waals surface area contributed by atoms with Crippen molar-refractivity contribution in [2.24, 2.45) is 5.92 Å². The van der Waals surface area contributed by atoms with E-state index < -0.39 is 0 Å². The van der Waals surface area contributed by atoms with E-state index in [4.69, 9.17) is 0 Å². The smallest absolute Gasteiger partial charge is 0.135 e. The van der Waals surface area contributed by atoms with Crippen LogP contribution in [0.2, 0.25) is 0 Å². The Bertz CT molecular complexity index is 381. The highest BCUT2D eigenvalue weighted by atomic mass is 32.1. The van der Waals surface area contributed by atoms with Gasteiger partial charge in [0.1, 0.15) is 5.78 Å². The minimum absolute atomic E-state index is 0.222. The molecule has 1 fully saturated rings. The Hall–Kier alpha value is -0.740. The Kier molecular flexibility index (Phi) is 4.29. The van der Waals surface area contributed by atoms with Gasteiger partial charge in [-0.05, 0) is 45.8 Å². The van der Waals surface area contributed by atoms with Crippen LogP contribution in [0.5, 0.6) is 0 Å². The first kappa shape index (κ1) is 12.7. The Labute approximate surface area is 107 Å². The van der Waals surface area contributed by atoms with E-state index >= 15 is 0 Å². The van der Waals surface area contributed by atoms with Crippen molar-refractivity contribution in [3.05, 3.63) is 16.1 Å². The van der Waals surface area contributed by atoms with E-state index in [1.807, 2.05) is 6.20 Å². The number of likely N-dealkylation sites (tertiary alicyclic amines) is 1. The van der Waals surface area contributed by atoms with Gasteiger partial charge in [-0.25, -0.2) is 4.98 Å². The maximum atomic E-state index is 11.0. The molecular weight excluding hydrogens is 232 g/mol. The molecule has 0 atom stereocenters. The molecule has 1 saturated heterocycles. The summed E-state index contributed by atoms with van der Waals surface area (Å²) in [5.41, 5.74) is 0. The SMILES string of the molecule is CC(=O)Cc1cnc(CC2CCN(C)CC2)s1. The van der Waals surface area contributed by atoms with Gasteiger partial charge in [0.25, 0.3) is 0 Å². The van der Waals surface area contributed by atoms with Crippen molar-refractivity contribution < 1.29 is 4.79 Å². The van der Waals surface area contributed by atoms with E-state index in [-0.39, 0.29) is 5.78 Å². The summed E-state index contributed by atoms with van der Waals surface area (Å²) >= 11 is 1.71. The number of hydrogen-bond donors (Lipinski definition) is 0. The summed E-state index contributed by atoms with van der Waals surface area (Å²) in [4.78, 5) is 19.0. The van der Waals surface area contributed by atoms with Crippen LogP contribution in [0, 0.1) is 5.92 Å². The molecule has 2 rings (SSSR count). The largest absolute Gasteiger partial charge is 0.306 e. The molecule has 1 aliphatic heterocycles. The molecule has 3 nitrogen and oxygen atoms in total. The zero-order valence-corrected chi connectivity index (χ0v) is 11.4. The maximum absolute atomic E-state index is 11.0. The summed E-state index contributed by atoms with van der Waals surface area (Å²) in [5.74, 6) is 1.00. The van der Waals surface area contributed by atoms with Gasteiger partial charge in [-0.2, -0.15) is 0 Å². The van der Waals surface area contributed by atoms with Gasteiger partial charge in [0.2, 0.25) is 0 Å². The fraction of sp³-hybridized carbons (Fsp3) is 0.692. The van der Waals surface area contributed by atoms with Gasteiger partial charge in [-0.3, -0.25) is 4.79 Å². The van der Waals surface area contributed by atoms with E-state index in [2.05, 4.69) is 16.9 Å². The average molecular weight is 252 g/mol. The highest BCUT2D eigenvalue weighted by Gasteiger charge is 2.18. The molecule has 0 amide bonds. The van der Waals surface area contributed by atoms with E-state index in [0.29, 0.717) is 6.42 Å². The third-order valence-corrected chi connectivity index (χ3v) is 4.35. The standard InChI is InChI=1S/C13H20N2OS/c1-10(16)7-12-9-14-13(17-12)8-11-3-5-15(2)6-4-11/h9,11H,3-8H2,1-2H3. The first-order valence-electron chi connectivity index (χ1n) is 6.25. The van der Waals surface area contributed by atoms with Crippen molar-refractivity contribution >= 4 is 17.1 Å². The molecule has 0 N–H and O–H groups in total. The number of rotatable bonds is 4. The average Bonchev–Trinajstić information content (AvgIpc) is 2.68. The van der Waals surface area contributed by atoms with Crippen LogP contribution in [0.25, 0.3) is 0 Å². The quantitative estimate of drug-likeness (QED) is 0.823. The van der Waals surface area contributed by atoms with Crippen LogP contribution < -0.4 is 0 Å². The number of hydrogen-bond acceptors (Lipinski definition) is 4. The molecule has 2 heterocycles. The van der Waals surface area contributed by atoms with Gasteiger partial charge < -0.3 is 4.90 Å². The molecule has 0 bridgehead atoms. The van der Waals surface area contributed by atoms with Crippen molar-refractivity contribution in [2.45, 2.75) is 32.6 Å². The highest BCUT2D eigenvalue weighted by Crippen LogP contribution is 2.23. The van der Waals surface area contributed by atoms with E-state index in [1.165, 1.54) is 30.9 Å². The number of aromatic nitrogens is 1. The lowest BCUT2D eigenvalue weighted by Gasteiger charge is -2.28. The van der Waals surface area contributed by atoms with Gasteiger partial charge in [0, 0.05) is 23.9 Å². The van der Waals surface area contributed by atoms with E-state index in [1.54, 1.807) is 18.3 Å². The number of ketones is 1. The molecule has 1 aromatic heterocycles. The van der Waals surface area contributed by atoms with Crippen LogP contribution in [0.3, 0.4) is 0 Å². The predicted molar refractivity (Wildman–Crippen MR) is 70.4 cm³/mol. The van der Waals surface area contributed by atoms with Gasteiger partial charge in [-0.1, -0.05) is 0 Å². The zero-order valence-electron chi connectivity index (χ0n) is 10.6. The lowest BCUT2D eigenvalue weighted by atomic mass is 9.94. The molecule has 0 saturated carbocycles. The van der Waals surface area contributed by atoms with Crippen molar-refractivity contribution in [1.82, 2.24) is 9.88 Å². The molecule has 1 aliphatic rings. The fourth-order valence-corrected chi connectivity index (χ4v) is 3.39. The molecule has 1 aromatic rings. The Morgan fingerprint density at radius 1 is 1.53 bits per heavy atom. The summed E-state index contributed by atoms with van der Waals surface area (Å²) in [7, 11) is 2.19. The first-order valence-corrected chi connectivity index (χ1v) is 7.06. The van der Waals surface area contributed by atoms with Crippen LogP contribution in [-0.4, -0.2) is 35.8 Å². The number of Topliss-reactive ketones (excluding diaryl/α,β-unsaturated/α-hetero) is 1. The number of thiazole rings is 1. The molecule has 4 heteroatoms. The summed E-state index contributed by atoms with van der Waals surface area (Å²) in [5, 5.41) is 1.20. The predicted octanol–water partition coefficient (Wildman–Crippen LogP) is 2.16. The number of nitrogens with zero attached hydrogens (tertiary/aromatic N) is 2. The molecule has 0 unspecified atom stereocenters. The van der Waals surface area contributed by atoms with E-state index in [0.717, 1.165) is 17.2 Å². The molecule has 17 heavy (non-hydrogen) atoms. The molecule has 0 aromatic carbocycles. The Balaban J connectivity index is 1.86. The number of piperidine rings is 1. The molecule has 0 spiro atoms. The van der Waals surface area contributed by atoms with Crippen LogP contribution in [-0.2, 0) is 17.6 Å². The molecular formula is C13H20N2OS. The molecule has 94 valence electrons. The fourth-order valence-electron chi connectivity index (χ4n) is 2.28. The normalized spacial score (nSPS) is 18.5. The minimum Gasteiger partial charge on any atom is -0.306 e. The van der Waals surface area contributed by atoms with Crippen LogP contribution in [0.4, 0.5) is 0 Å². The minimum atomic E-state index is 0.222. The van der Waals surface area contributed by atoms with Gasteiger partial charge in [0.15, 0.2) is 0 Å². The Morgan fingerprint density at radius 3 is 2.88 bits per heavy atom. The maximum Gasteiger partial charge on any atom is 0.135 e. The third kappa shape index (κ3) is 3.89. The van der Waals surface area contributed by atoms with Crippen molar-refractivity contribution in [3.8, 4) is 0 Å². The van der Waals surface area contributed by atoms with Crippen LogP contribution >= 0.6 is 11.3 Å². The number of carbonyl (C=O) groups is 1. The first-order chi connectivity index (χ1) is 8.13. The van der Waals surface area contributed by atoms with Crippen molar-refractivity contribution in [2.75, 3.05) is 20.1 Å². The monoisotopic (exact) mass is 252 g/mol. The Morgan fingerprint density at radius 2 is 2.24 bits per heavy atom. The van der Waals surface area contributed by atoms with E-state index in [9.17, 15) is 4.79 Å². The lowest BCUT2D eigenvalue weighted by Crippen LogP contribution is -2.30. The van der Waals surface area contributed by atoms with Crippen LogP contribution in [0.15, 0.2) is 6.20 Å². The second kappa shape index (κ2) is 5.74. The van der Waals surface area contributed by atoms with Gasteiger partial charge >= 0.3 is 0 Å². The van der Waals surface area contributed by atoms with Gasteiger partial charge in [-0.15, -0.1) is 11.3 Å². The topological polar surface area (TPSA) is 33.2 Å². The molecule has 0 aliphatic carbocycles. The second-order valence-corrected chi connectivity index (χ2v) is 6.25. The van der Waals surface area contributed by atoms with Crippen LogP contribution in [0.1, 0.15) is 29.7 Å². The third-order valence-electron chi connectivity index (χ3n) is 3.33. The van der Waals surface area contributed by atoms with Gasteiger partial charge in [0.05, 0.1) is 5.01 Å². The number of carbonyl (C=O) groups excluding carboxylic acids is 1. The van der Waals surface area contributed by atoms with Crippen molar-refractivity contribution in [1.29, 1.82) is 0 Å². The van der Waals surface area contributed by atoms with Crippen molar-refractivity contribution in [3.63, 3.8) is 0 Å². The summed E-state index contributed by atoms with van der Waals surface area (Å²) in [6, 6.07) is 0. The molecule has 0 radical (unpaired) electrons. The summed E-state index contributed by atoms with van der Waals surface area (Å²) < 4.78 is 0. The summed E-state index contributed by atoms with van der Waals surface area (Å²) in [6.45, 7) is 4.04.